The largest absolute Gasteiger partial charge is 1.00 e. The number of benzene rings is 1. The van der Waals surface area contributed by atoms with E-state index >= 15 is 0 Å². The summed E-state index contributed by atoms with van der Waals surface area (Å²) in [6.45, 7) is -4.88. The summed E-state index contributed by atoms with van der Waals surface area (Å²) >= 11 is 2.88. The first-order chi connectivity index (χ1) is 5.99. The van der Waals surface area contributed by atoms with Gasteiger partial charge in [0.25, 0.3) is 0 Å². The van der Waals surface area contributed by atoms with Gasteiger partial charge in [-0.2, -0.15) is 0 Å². The molecule has 1 aromatic rings. The van der Waals surface area contributed by atoms with Crippen molar-refractivity contribution in [2.45, 2.75) is 0 Å². The molecule has 0 spiro atoms. The molecule has 0 aromatic heterocycles. The zero-order valence-corrected chi connectivity index (χ0v) is 12.3. The molecule has 0 saturated carbocycles. The van der Waals surface area contributed by atoms with Crippen molar-refractivity contribution in [1.82, 2.24) is 0 Å². The first-order valence-electron chi connectivity index (χ1n) is 3.63. The van der Waals surface area contributed by atoms with E-state index < -0.39 is 6.98 Å². The van der Waals surface area contributed by atoms with Crippen LogP contribution in [-0.4, -0.2) is 6.98 Å². The van der Waals surface area contributed by atoms with Crippen molar-refractivity contribution in [1.29, 1.82) is 0 Å². The predicted octanol–water partition coefficient (Wildman–Crippen LogP) is 0.813. The Kier molecular flexibility index (Phi) is 6.93. The van der Waals surface area contributed by atoms with Gasteiger partial charge in [-0.15, -0.1) is 5.98 Å². The summed E-state index contributed by atoms with van der Waals surface area (Å²) in [7, 11) is 0. The van der Waals surface area contributed by atoms with Gasteiger partial charge < -0.3 is 12.9 Å². The summed E-state index contributed by atoms with van der Waals surface area (Å²) in [5.41, 5.74) is 0.529. The van der Waals surface area contributed by atoms with Crippen LogP contribution in [0.15, 0.2) is 36.3 Å². The molecule has 70 valence electrons. The van der Waals surface area contributed by atoms with Crippen molar-refractivity contribution in [3.05, 3.63) is 41.9 Å². The van der Waals surface area contributed by atoms with Gasteiger partial charge in [0.15, 0.2) is 0 Å². The number of rotatable bonds is 2. The Morgan fingerprint density at radius 1 is 1.14 bits per heavy atom. The van der Waals surface area contributed by atoms with Crippen molar-refractivity contribution >= 4 is 27.4 Å². The first kappa shape index (κ1) is 14.9. The molecule has 1 rings (SSSR count). The molecule has 0 aliphatic carbocycles. The van der Waals surface area contributed by atoms with Crippen LogP contribution < -0.4 is 51.4 Å². The van der Waals surface area contributed by atoms with Gasteiger partial charge in [-0.25, -0.2) is 0 Å². The van der Waals surface area contributed by atoms with Crippen LogP contribution in [0.3, 0.4) is 0 Å². The molecule has 0 saturated heterocycles. The van der Waals surface area contributed by atoms with Crippen LogP contribution >= 0.6 is 15.9 Å². The molecule has 0 nitrogen and oxygen atoms in total. The Labute approximate surface area is 132 Å². The zero-order chi connectivity index (χ0) is 9.90. The Bertz CT molecular complexity index is 310. The maximum absolute atomic E-state index is 11.9. The van der Waals surface area contributed by atoms with Crippen LogP contribution in [0.4, 0.5) is 12.9 Å². The van der Waals surface area contributed by atoms with Gasteiger partial charge in [-0.05, 0) is 10.0 Å². The third kappa shape index (κ3) is 5.73. The maximum atomic E-state index is 11.9. The van der Waals surface area contributed by atoms with Crippen LogP contribution in [0.25, 0.3) is 4.48 Å². The first-order valence-corrected chi connectivity index (χ1v) is 4.42. The third-order valence-corrected chi connectivity index (χ3v) is 2.11. The molecule has 0 heterocycles. The van der Waals surface area contributed by atoms with Crippen molar-refractivity contribution < 1.29 is 64.3 Å². The Balaban J connectivity index is 0.00000169. The molecule has 0 fully saturated rings. The van der Waals surface area contributed by atoms with Gasteiger partial charge >= 0.3 is 58.4 Å². The smallest absolute Gasteiger partial charge is 0.445 e. The van der Waals surface area contributed by atoms with E-state index in [-0.39, 0.29) is 61.8 Å². The molecule has 0 atom stereocenters. The predicted molar refractivity (Wildman–Crippen MR) is 52.4 cm³/mol. The average Bonchev–Trinajstić information content (AvgIpc) is 2.03. The molecule has 0 N–H and O–H groups in total. The van der Waals surface area contributed by atoms with Gasteiger partial charge in [0.2, 0.25) is 0 Å². The standard InChI is InChI=1S/C8H6BBrF3.K/c10-8(6-9(11,12)13)7-4-2-1-3-5-7;/h1-6H;/q-1;+1/b8-6-;. The van der Waals surface area contributed by atoms with Crippen molar-refractivity contribution in [2.75, 3.05) is 0 Å². The Morgan fingerprint density at radius 2 is 1.64 bits per heavy atom. The fraction of sp³-hybridized carbons (Fsp3) is 0. The van der Waals surface area contributed by atoms with Crippen LogP contribution in [0.1, 0.15) is 5.56 Å². The Morgan fingerprint density at radius 3 is 2.07 bits per heavy atom. The van der Waals surface area contributed by atoms with Crippen molar-refractivity contribution in [3.8, 4) is 0 Å². The summed E-state index contributed by atoms with van der Waals surface area (Å²) < 4.78 is 35.9. The quantitative estimate of drug-likeness (QED) is 0.707. The summed E-state index contributed by atoms with van der Waals surface area (Å²) in [6.07, 6.45) is 0. The van der Waals surface area contributed by atoms with E-state index in [1.807, 2.05) is 0 Å². The summed E-state index contributed by atoms with van der Waals surface area (Å²) in [5, 5.41) is 0. The molecule has 0 aliphatic rings. The molecular formula is C8H6BBrF3K. The minimum absolute atomic E-state index is 0. The second-order valence-electron chi connectivity index (χ2n) is 2.51. The molecule has 1 aromatic carbocycles. The van der Waals surface area contributed by atoms with E-state index in [9.17, 15) is 12.9 Å². The van der Waals surface area contributed by atoms with E-state index in [4.69, 9.17) is 0 Å². The molecule has 0 aliphatic heterocycles. The van der Waals surface area contributed by atoms with Crippen molar-refractivity contribution in [2.24, 2.45) is 0 Å². The molecule has 0 radical (unpaired) electrons. The van der Waals surface area contributed by atoms with Gasteiger partial charge in [-0.1, -0.05) is 46.3 Å². The molecular weight excluding hydrogens is 283 g/mol. The maximum Gasteiger partial charge on any atom is 1.00 e. The monoisotopic (exact) mass is 288 g/mol. The van der Waals surface area contributed by atoms with Crippen LogP contribution in [0, 0.1) is 0 Å². The SMILES string of the molecule is F[B-](F)(F)/C=C(\Br)c1ccccc1.[K+]. The zero-order valence-electron chi connectivity index (χ0n) is 7.55. The van der Waals surface area contributed by atoms with Crippen LogP contribution in [0.5, 0.6) is 0 Å². The van der Waals surface area contributed by atoms with E-state index in [1.165, 1.54) is 0 Å². The fourth-order valence-corrected chi connectivity index (χ4v) is 1.42. The number of halogens is 4. The van der Waals surface area contributed by atoms with Gasteiger partial charge in [-0.3, -0.25) is 0 Å². The summed E-state index contributed by atoms with van der Waals surface area (Å²) in [5.74, 6) is 0.287. The van der Waals surface area contributed by atoms with E-state index in [1.54, 1.807) is 30.3 Å². The van der Waals surface area contributed by atoms with E-state index in [2.05, 4.69) is 15.9 Å². The van der Waals surface area contributed by atoms with E-state index in [0.29, 0.717) is 5.56 Å². The topological polar surface area (TPSA) is 0 Å². The Hall–Kier alpha value is 0.931. The van der Waals surface area contributed by atoms with E-state index in [0.717, 1.165) is 0 Å². The number of hydrogen-bond donors (Lipinski definition) is 0. The van der Waals surface area contributed by atoms with Gasteiger partial charge in [0.1, 0.15) is 0 Å². The second kappa shape index (κ2) is 6.50. The fourth-order valence-electron chi connectivity index (χ4n) is 0.860. The normalized spacial score (nSPS) is 12.1. The van der Waals surface area contributed by atoms with Crippen LogP contribution in [0.2, 0.25) is 0 Å². The molecule has 6 heteroatoms. The summed E-state index contributed by atoms with van der Waals surface area (Å²) in [6, 6.07) is 8.36. The van der Waals surface area contributed by atoms with Crippen molar-refractivity contribution in [3.63, 3.8) is 0 Å². The molecule has 0 bridgehead atoms. The summed E-state index contributed by atoms with van der Waals surface area (Å²) in [4.78, 5) is 0. The van der Waals surface area contributed by atoms with Gasteiger partial charge in [0, 0.05) is 0 Å². The average molecular weight is 289 g/mol. The molecule has 14 heavy (non-hydrogen) atoms. The second-order valence-corrected chi connectivity index (χ2v) is 3.36. The third-order valence-electron chi connectivity index (χ3n) is 1.38. The molecule has 0 amide bonds. The minimum Gasteiger partial charge on any atom is -0.445 e. The molecule has 0 unspecified atom stereocenters. The van der Waals surface area contributed by atoms with Gasteiger partial charge in [0.05, 0.1) is 0 Å². The minimum atomic E-state index is -4.88. The number of hydrogen-bond acceptors (Lipinski definition) is 0. The van der Waals surface area contributed by atoms with Crippen LogP contribution in [-0.2, 0) is 0 Å².